The molecule has 1 saturated heterocycles. The van der Waals surface area contributed by atoms with Gasteiger partial charge in [-0.1, -0.05) is 26.0 Å². The van der Waals surface area contributed by atoms with Gasteiger partial charge in [-0.3, -0.25) is 4.79 Å². The lowest BCUT2D eigenvalue weighted by Crippen LogP contribution is -2.40. The van der Waals surface area contributed by atoms with Crippen LogP contribution in [-0.2, 0) is 26.2 Å². The fourth-order valence-electron chi connectivity index (χ4n) is 3.36. The number of sulfonamides is 1. The van der Waals surface area contributed by atoms with Gasteiger partial charge in [-0.25, -0.2) is 13.4 Å². The first-order chi connectivity index (χ1) is 13.7. The van der Waals surface area contributed by atoms with Crippen molar-refractivity contribution >= 4 is 16.0 Å². The van der Waals surface area contributed by atoms with Crippen molar-refractivity contribution in [1.82, 2.24) is 9.29 Å². The summed E-state index contributed by atoms with van der Waals surface area (Å²) < 4.78 is 37.9. The van der Waals surface area contributed by atoms with Crippen LogP contribution < -0.4 is 0 Å². The average Bonchev–Trinajstić information content (AvgIpc) is 3.03. The molecule has 8 heteroatoms. The van der Waals surface area contributed by atoms with E-state index in [4.69, 9.17) is 9.15 Å². The molecule has 0 unspecified atom stereocenters. The number of esters is 1. The third kappa shape index (κ3) is 4.87. The molecule has 1 aromatic carbocycles. The number of ether oxygens (including phenoxy) is 1. The molecule has 2 aromatic rings. The number of benzene rings is 1. The van der Waals surface area contributed by atoms with E-state index in [1.807, 2.05) is 19.1 Å². The second kappa shape index (κ2) is 8.67. The number of nitrogens with zero attached hydrogens (tertiary/aromatic N) is 2. The van der Waals surface area contributed by atoms with Crippen molar-refractivity contribution in [1.29, 1.82) is 0 Å². The molecule has 1 aliphatic rings. The predicted molar refractivity (Wildman–Crippen MR) is 108 cm³/mol. The number of hydrogen-bond donors (Lipinski definition) is 0. The zero-order valence-corrected chi connectivity index (χ0v) is 18.2. The Labute approximate surface area is 172 Å². The summed E-state index contributed by atoms with van der Waals surface area (Å²) in [7, 11) is -3.55. The standard InChI is InChI=1S/C21H28N2O5S/c1-14(2)17-5-7-19(8-6-17)29(25,26)23-11-9-18(10-12-23)21(24)27-13-20-22-15(3)16(4)28-20/h5-8,14,18H,9-13H2,1-4H3. The minimum absolute atomic E-state index is 0.00573. The summed E-state index contributed by atoms with van der Waals surface area (Å²) in [6.07, 6.45) is 0.873. The molecule has 0 aliphatic carbocycles. The number of rotatable bonds is 6. The molecule has 0 saturated carbocycles. The van der Waals surface area contributed by atoms with Gasteiger partial charge in [0, 0.05) is 13.1 Å². The zero-order chi connectivity index (χ0) is 21.2. The van der Waals surface area contributed by atoms with Crippen LogP contribution in [0.3, 0.4) is 0 Å². The van der Waals surface area contributed by atoms with Gasteiger partial charge >= 0.3 is 5.97 Å². The fourth-order valence-corrected chi connectivity index (χ4v) is 4.83. The monoisotopic (exact) mass is 420 g/mol. The number of carbonyl (C=O) groups excluding carboxylic acids is 1. The minimum Gasteiger partial charge on any atom is -0.455 e. The van der Waals surface area contributed by atoms with Gasteiger partial charge in [0.2, 0.25) is 15.9 Å². The van der Waals surface area contributed by atoms with Crippen LogP contribution in [-0.4, -0.2) is 36.8 Å². The van der Waals surface area contributed by atoms with Crippen LogP contribution >= 0.6 is 0 Å². The van der Waals surface area contributed by atoms with Crippen LogP contribution in [0.25, 0.3) is 0 Å². The lowest BCUT2D eigenvalue weighted by Gasteiger charge is -2.30. The summed E-state index contributed by atoms with van der Waals surface area (Å²) >= 11 is 0. The van der Waals surface area contributed by atoms with Crippen molar-refractivity contribution in [3.05, 3.63) is 47.2 Å². The third-order valence-corrected chi connectivity index (χ3v) is 7.30. The molecule has 1 aromatic heterocycles. The van der Waals surface area contributed by atoms with Crippen molar-refractivity contribution in [2.24, 2.45) is 5.92 Å². The first kappa shape index (κ1) is 21.5. The van der Waals surface area contributed by atoms with E-state index in [-0.39, 0.29) is 23.4 Å². The Morgan fingerprint density at radius 2 is 1.83 bits per heavy atom. The van der Waals surface area contributed by atoms with Crippen molar-refractivity contribution in [3.8, 4) is 0 Å². The molecule has 1 aliphatic heterocycles. The molecule has 3 rings (SSSR count). The molecule has 158 valence electrons. The first-order valence-corrected chi connectivity index (χ1v) is 11.3. The topological polar surface area (TPSA) is 89.7 Å². The van der Waals surface area contributed by atoms with Gasteiger partial charge < -0.3 is 9.15 Å². The van der Waals surface area contributed by atoms with Gasteiger partial charge in [0.25, 0.3) is 0 Å². The maximum atomic E-state index is 12.9. The van der Waals surface area contributed by atoms with E-state index < -0.39 is 10.0 Å². The summed E-state index contributed by atoms with van der Waals surface area (Å²) in [6, 6.07) is 7.03. The van der Waals surface area contributed by atoms with Gasteiger partial charge in [0.05, 0.1) is 16.5 Å². The largest absolute Gasteiger partial charge is 0.455 e. The van der Waals surface area contributed by atoms with E-state index in [2.05, 4.69) is 18.8 Å². The van der Waals surface area contributed by atoms with Crippen LogP contribution in [0, 0.1) is 19.8 Å². The van der Waals surface area contributed by atoms with Gasteiger partial charge in [-0.05, 0) is 50.3 Å². The highest BCUT2D eigenvalue weighted by Crippen LogP contribution is 2.26. The first-order valence-electron chi connectivity index (χ1n) is 9.88. The van der Waals surface area contributed by atoms with Gasteiger partial charge in [0.15, 0.2) is 6.61 Å². The predicted octanol–water partition coefficient (Wildman–Crippen LogP) is 3.56. The van der Waals surface area contributed by atoms with Gasteiger partial charge in [-0.2, -0.15) is 4.31 Å². The van der Waals surface area contributed by atoms with Crippen LogP contribution in [0.15, 0.2) is 33.6 Å². The van der Waals surface area contributed by atoms with Gasteiger partial charge in [0.1, 0.15) is 5.76 Å². The molecule has 0 atom stereocenters. The molecular formula is C21H28N2O5S. The normalized spacial score (nSPS) is 16.3. The summed E-state index contributed by atoms with van der Waals surface area (Å²) in [5.74, 6) is 0.769. The van der Waals surface area contributed by atoms with Crippen molar-refractivity contribution < 1.29 is 22.4 Å². The molecule has 2 heterocycles. The summed E-state index contributed by atoms with van der Waals surface area (Å²) in [6.45, 7) is 8.36. The second-order valence-electron chi connectivity index (χ2n) is 7.76. The molecular weight excluding hydrogens is 392 g/mol. The number of carbonyl (C=O) groups is 1. The van der Waals surface area contributed by atoms with Crippen molar-refractivity contribution in [3.63, 3.8) is 0 Å². The van der Waals surface area contributed by atoms with E-state index in [9.17, 15) is 13.2 Å². The number of aryl methyl sites for hydroxylation is 2. The van der Waals surface area contributed by atoms with E-state index in [1.54, 1.807) is 19.1 Å². The summed E-state index contributed by atoms with van der Waals surface area (Å²) in [5, 5.41) is 0. The Morgan fingerprint density at radius 3 is 2.34 bits per heavy atom. The number of oxazole rings is 1. The highest BCUT2D eigenvalue weighted by atomic mass is 32.2. The van der Waals surface area contributed by atoms with Gasteiger partial charge in [-0.15, -0.1) is 0 Å². The number of hydrogen-bond acceptors (Lipinski definition) is 6. The molecule has 29 heavy (non-hydrogen) atoms. The number of aromatic nitrogens is 1. The zero-order valence-electron chi connectivity index (χ0n) is 17.3. The third-order valence-electron chi connectivity index (χ3n) is 5.38. The van der Waals surface area contributed by atoms with Crippen LogP contribution in [0.1, 0.15) is 55.5 Å². The Hall–Kier alpha value is -2.19. The summed E-state index contributed by atoms with van der Waals surface area (Å²) in [5.41, 5.74) is 1.87. The Bertz CT molecular complexity index is 936. The minimum atomic E-state index is -3.55. The molecule has 0 N–H and O–H groups in total. The smallest absolute Gasteiger partial charge is 0.309 e. The van der Waals surface area contributed by atoms with Crippen molar-refractivity contribution in [2.75, 3.05) is 13.1 Å². The summed E-state index contributed by atoms with van der Waals surface area (Å²) in [4.78, 5) is 16.8. The Kier molecular flexibility index (Phi) is 6.43. The fraction of sp³-hybridized carbons (Fsp3) is 0.524. The molecule has 0 bridgehead atoms. The highest BCUT2D eigenvalue weighted by Gasteiger charge is 2.33. The molecule has 0 amide bonds. The number of piperidine rings is 1. The molecule has 0 radical (unpaired) electrons. The molecule has 0 spiro atoms. The van der Waals surface area contributed by atoms with E-state index in [0.717, 1.165) is 11.3 Å². The van der Waals surface area contributed by atoms with Crippen LogP contribution in [0.4, 0.5) is 0 Å². The maximum Gasteiger partial charge on any atom is 0.309 e. The Balaban J connectivity index is 1.55. The average molecular weight is 421 g/mol. The molecule has 7 nitrogen and oxygen atoms in total. The lowest BCUT2D eigenvalue weighted by molar-refractivity contribution is -0.151. The van der Waals surface area contributed by atoms with E-state index in [1.165, 1.54) is 4.31 Å². The van der Waals surface area contributed by atoms with Crippen LogP contribution in [0.5, 0.6) is 0 Å². The van der Waals surface area contributed by atoms with Crippen LogP contribution in [0.2, 0.25) is 0 Å². The second-order valence-corrected chi connectivity index (χ2v) is 9.70. The maximum absolute atomic E-state index is 12.9. The SMILES string of the molecule is Cc1nc(COC(=O)C2CCN(S(=O)(=O)c3ccc(C(C)C)cc3)CC2)oc1C. The van der Waals surface area contributed by atoms with Crippen molar-refractivity contribution in [2.45, 2.75) is 58.0 Å². The quantitative estimate of drug-likeness (QED) is 0.664. The molecule has 1 fully saturated rings. The highest BCUT2D eigenvalue weighted by molar-refractivity contribution is 7.89. The van der Waals surface area contributed by atoms with E-state index in [0.29, 0.717) is 43.5 Å². The Morgan fingerprint density at radius 1 is 1.21 bits per heavy atom. The lowest BCUT2D eigenvalue weighted by atomic mass is 9.98. The van der Waals surface area contributed by atoms with E-state index >= 15 is 0 Å².